The standard InChI is InChI=1S/C23H28N4O/c28-23(25-17-7-2-1-3-8-17)16-13-15(14-16)21-18-9-6-11-19(18)26-22(27-21)20-10-4-5-12-24-20/h4-5,10,12,15-17H,1-3,6-9,11,13-14H2,(H,25,28). The summed E-state index contributed by atoms with van der Waals surface area (Å²) >= 11 is 0. The molecule has 1 N–H and O–H groups in total. The Morgan fingerprint density at radius 2 is 1.86 bits per heavy atom. The smallest absolute Gasteiger partial charge is 0.223 e. The molecule has 2 saturated carbocycles. The van der Waals surface area contributed by atoms with Gasteiger partial charge in [0.1, 0.15) is 5.69 Å². The Balaban J connectivity index is 1.31. The summed E-state index contributed by atoms with van der Waals surface area (Å²) in [4.78, 5) is 26.8. The van der Waals surface area contributed by atoms with Gasteiger partial charge in [0.25, 0.3) is 0 Å². The van der Waals surface area contributed by atoms with Crippen molar-refractivity contribution in [3.8, 4) is 11.5 Å². The molecule has 5 rings (SSSR count). The minimum atomic E-state index is 0.150. The van der Waals surface area contributed by atoms with E-state index in [2.05, 4.69) is 10.3 Å². The van der Waals surface area contributed by atoms with E-state index in [0.717, 1.165) is 56.5 Å². The largest absolute Gasteiger partial charge is 0.353 e. The minimum Gasteiger partial charge on any atom is -0.353 e. The molecule has 0 saturated heterocycles. The van der Waals surface area contributed by atoms with E-state index in [0.29, 0.717) is 12.0 Å². The van der Waals surface area contributed by atoms with Crippen molar-refractivity contribution in [1.82, 2.24) is 20.3 Å². The molecule has 2 aromatic heterocycles. The summed E-state index contributed by atoms with van der Waals surface area (Å²) < 4.78 is 0. The van der Waals surface area contributed by atoms with Gasteiger partial charge in [0, 0.05) is 29.8 Å². The second-order valence-electron chi connectivity index (χ2n) is 8.64. The number of rotatable bonds is 4. The van der Waals surface area contributed by atoms with E-state index in [9.17, 15) is 4.79 Å². The maximum Gasteiger partial charge on any atom is 0.223 e. The molecule has 0 bridgehead atoms. The lowest BCUT2D eigenvalue weighted by Gasteiger charge is -2.36. The second kappa shape index (κ2) is 7.61. The second-order valence-corrected chi connectivity index (χ2v) is 8.64. The topological polar surface area (TPSA) is 67.8 Å². The predicted octanol–water partition coefficient (Wildman–Crippen LogP) is 3.97. The number of aromatic nitrogens is 3. The van der Waals surface area contributed by atoms with Crippen molar-refractivity contribution in [1.29, 1.82) is 0 Å². The number of pyridine rings is 1. The van der Waals surface area contributed by atoms with Crippen molar-refractivity contribution in [3.63, 3.8) is 0 Å². The van der Waals surface area contributed by atoms with Crippen LogP contribution in [0.1, 0.15) is 74.2 Å². The normalized spacial score (nSPS) is 24.4. The predicted molar refractivity (Wildman–Crippen MR) is 108 cm³/mol. The van der Waals surface area contributed by atoms with Crippen LogP contribution in [-0.2, 0) is 17.6 Å². The van der Waals surface area contributed by atoms with E-state index in [4.69, 9.17) is 9.97 Å². The first kappa shape index (κ1) is 17.8. The van der Waals surface area contributed by atoms with Crippen LogP contribution in [0.15, 0.2) is 24.4 Å². The summed E-state index contributed by atoms with van der Waals surface area (Å²) in [5, 5.41) is 3.30. The number of carbonyl (C=O) groups is 1. The zero-order chi connectivity index (χ0) is 18.9. The molecule has 2 fully saturated rings. The summed E-state index contributed by atoms with van der Waals surface area (Å²) in [6.07, 6.45) is 13.0. The van der Waals surface area contributed by atoms with Gasteiger partial charge in [0.2, 0.25) is 5.91 Å². The Bertz CT molecular complexity index is 854. The number of nitrogens with one attached hydrogen (secondary N) is 1. The number of nitrogens with zero attached hydrogens (tertiary/aromatic N) is 3. The monoisotopic (exact) mass is 376 g/mol. The quantitative estimate of drug-likeness (QED) is 0.877. The molecule has 28 heavy (non-hydrogen) atoms. The van der Waals surface area contributed by atoms with Crippen LogP contribution in [-0.4, -0.2) is 26.9 Å². The van der Waals surface area contributed by atoms with Gasteiger partial charge in [-0.1, -0.05) is 25.3 Å². The van der Waals surface area contributed by atoms with Gasteiger partial charge in [-0.2, -0.15) is 0 Å². The van der Waals surface area contributed by atoms with Crippen LogP contribution < -0.4 is 5.32 Å². The Kier molecular flexibility index (Phi) is 4.83. The third kappa shape index (κ3) is 3.43. The lowest BCUT2D eigenvalue weighted by Crippen LogP contribution is -2.43. The van der Waals surface area contributed by atoms with Crippen LogP contribution in [0, 0.1) is 5.92 Å². The molecule has 0 aliphatic heterocycles. The van der Waals surface area contributed by atoms with Crippen LogP contribution in [0.2, 0.25) is 0 Å². The maximum absolute atomic E-state index is 12.6. The number of fused-ring (bicyclic) bond motifs is 1. The summed E-state index contributed by atoms with van der Waals surface area (Å²) in [7, 11) is 0. The molecule has 0 atom stereocenters. The molecule has 0 aromatic carbocycles. The molecule has 2 heterocycles. The van der Waals surface area contributed by atoms with Crippen molar-refractivity contribution >= 4 is 5.91 Å². The van der Waals surface area contributed by atoms with Gasteiger partial charge in [-0.05, 0) is 62.6 Å². The fourth-order valence-corrected chi connectivity index (χ4v) is 5.03. The van der Waals surface area contributed by atoms with Crippen LogP contribution in [0.25, 0.3) is 11.5 Å². The molecule has 0 spiro atoms. The van der Waals surface area contributed by atoms with E-state index in [1.54, 1.807) is 6.20 Å². The highest BCUT2D eigenvalue weighted by molar-refractivity contribution is 5.80. The van der Waals surface area contributed by atoms with E-state index < -0.39 is 0 Å². The number of amides is 1. The minimum absolute atomic E-state index is 0.150. The van der Waals surface area contributed by atoms with E-state index in [-0.39, 0.29) is 11.8 Å². The van der Waals surface area contributed by atoms with Crippen LogP contribution in [0.5, 0.6) is 0 Å². The molecule has 146 valence electrons. The van der Waals surface area contributed by atoms with Gasteiger partial charge in [-0.25, -0.2) is 9.97 Å². The number of hydrogen-bond donors (Lipinski definition) is 1. The average Bonchev–Trinajstić information content (AvgIpc) is 3.17. The molecule has 0 radical (unpaired) electrons. The Labute approximate surface area is 166 Å². The van der Waals surface area contributed by atoms with Crippen LogP contribution >= 0.6 is 0 Å². The molecule has 2 aromatic rings. The van der Waals surface area contributed by atoms with Gasteiger partial charge in [0.15, 0.2) is 5.82 Å². The van der Waals surface area contributed by atoms with Gasteiger partial charge in [0.05, 0.1) is 5.69 Å². The van der Waals surface area contributed by atoms with Crippen molar-refractivity contribution in [2.24, 2.45) is 5.92 Å². The SMILES string of the molecule is O=C(NC1CCCCC1)C1CC(c2nc(-c3ccccn3)nc3c2CCC3)C1. The Morgan fingerprint density at radius 3 is 2.64 bits per heavy atom. The first-order valence-electron chi connectivity index (χ1n) is 10.9. The Hall–Kier alpha value is -2.30. The molecule has 5 nitrogen and oxygen atoms in total. The van der Waals surface area contributed by atoms with Gasteiger partial charge in [-0.15, -0.1) is 0 Å². The summed E-state index contributed by atoms with van der Waals surface area (Å²) in [6.45, 7) is 0. The highest BCUT2D eigenvalue weighted by Crippen LogP contribution is 2.44. The summed E-state index contributed by atoms with van der Waals surface area (Å²) in [5.41, 5.74) is 4.56. The molecule has 3 aliphatic rings. The maximum atomic E-state index is 12.6. The molecule has 0 unspecified atom stereocenters. The van der Waals surface area contributed by atoms with Gasteiger partial charge >= 0.3 is 0 Å². The highest BCUT2D eigenvalue weighted by atomic mass is 16.2. The number of aryl methyl sites for hydroxylation is 1. The van der Waals surface area contributed by atoms with Crippen LogP contribution in [0.3, 0.4) is 0 Å². The molecule has 1 amide bonds. The summed E-state index contributed by atoms with van der Waals surface area (Å²) in [5.74, 6) is 1.54. The molecular weight excluding hydrogens is 348 g/mol. The first-order chi connectivity index (χ1) is 13.8. The van der Waals surface area contributed by atoms with Gasteiger partial charge in [-0.3, -0.25) is 9.78 Å². The fraction of sp³-hybridized carbons (Fsp3) is 0.565. The average molecular weight is 377 g/mol. The lowest BCUT2D eigenvalue weighted by atomic mass is 9.71. The number of carbonyl (C=O) groups excluding carboxylic acids is 1. The molecular formula is C23H28N4O. The highest BCUT2D eigenvalue weighted by Gasteiger charge is 2.39. The molecule has 3 aliphatic carbocycles. The summed E-state index contributed by atoms with van der Waals surface area (Å²) in [6, 6.07) is 6.27. The van der Waals surface area contributed by atoms with E-state index in [1.807, 2.05) is 18.2 Å². The van der Waals surface area contributed by atoms with Gasteiger partial charge < -0.3 is 5.32 Å². The van der Waals surface area contributed by atoms with E-state index >= 15 is 0 Å². The van der Waals surface area contributed by atoms with Crippen molar-refractivity contribution in [2.45, 2.75) is 76.2 Å². The Morgan fingerprint density at radius 1 is 1.00 bits per heavy atom. The van der Waals surface area contributed by atoms with Crippen molar-refractivity contribution in [3.05, 3.63) is 41.3 Å². The van der Waals surface area contributed by atoms with E-state index in [1.165, 1.54) is 36.2 Å². The number of hydrogen-bond acceptors (Lipinski definition) is 4. The molecule has 5 heteroatoms. The lowest BCUT2D eigenvalue weighted by molar-refractivity contribution is -0.129. The third-order valence-corrected chi connectivity index (χ3v) is 6.71. The zero-order valence-electron chi connectivity index (χ0n) is 16.4. The first-order valence-corrected chi connectivity index (χ1v) is 10.9. The third-order valence-electron chi connectivity index (χ3n) is 6.71. The zero-order valence-corrected chi connectivity index (χ0v) is 16.4. The van der Waals surface area contributed by atoms with Crippen molar-refractivity contribution in [2.75, 3.05) is 0 Å². The van der Waals surface area contributed by atoms with Crippen LogP contribution in [0.4, 0.5) is 0 Å². The van der Waals surface area contributed by atoms with Crippen molar-refractivity contribution < 1.29 is 4.79 Å². The fourth-order valence-electron chi connectivity index (χ4n) is 5.03.